The fourth-order valence-electron chi connectivity index (χ4n) is 3.07. The molecule has 5 nitrogen and oxygen atoms in total. The van der Waals surface area contributed by atoms with Crippen LogP contribution in [0.4, 0.5) is 0 Å². The summed E-state index contributed by atoms with van der Waals surface area (Å²) < 4.78 is 7.51. The van der Waals surface area contributed by atoms with E-state index in [1.165, 1.54) is 19.3 Å². The lowest BCUT2D eigenvalue weighted by Crippen LogP contribution is -2.36. The van der Waals surface area contributed by atoms with Crippen LogP contribution in [0.1, 0.15) is 38.5 Å². The number of carbonyl (C=O) groups is 1. The number of hydrogen-bond donors (Lipinski definition) is 1. The SMILES string of the molecule is Cn1nc(OCCC(=O)NC2CCCCC2)c2ccccc21. The minimum atomic E-state index is 0.0761. The normalized spacial score (nSPS) is 15.9. The predicted molar refractivity (Wildman–Crippen MR) is 85.8 cm³/mol. The van der Waals surface area contributed by atoms with E-state index in [9.17, 15) is 4.79 Å². The van der Waals surface area contributed by atoms with Crippen LogP contribution in [0.5, 0.6) is 5.88 Å². The van der Waals surface area contributed by atoms with Crippen LogP contribution in [-0.4, -0.2) is 28.3 Å². The maximum atomic E-state index is 12.0. The van der Waals surface area contributed by atoms with Gasteiger partial charge in [0.2, 0.25) is 11.8 Å². The Morgan fingerprint density at radius 2 is 2.09 bits per heavy atom. The highest BCUT2D eigenvalue weighted by atomic mass is 16.5. The summed E-state index contributed by atoms with van der Waals surface area (Å²) in [4.78, 5) is 12.0. The van der Waals surface area contributed by atoms with Gasteiger partial charge in [-0.15, -0.1) is 5.10 Å². The second-order valence-electron chi connectivity index (χ2n) is 5.95. The maximum Gasteiger partial charge on any atom is 0.240 e. The van der Waals surface area contributed by atoms with Crippen molar-refractivity contribution in [2.24, 2.45) is 7.05 Å². The molecule has 3 rings (SSSR count). The van der Waals surface area contributed by atoms with Crippen LogP contribution in [0.15, 0.2) is 24.3 Å². The number of para-hydroxylation sites is 1. The molecule has 0 unspecified atom stereocenters. The Kier molecular flexibility index (Phi) is 4.61. The van der Waals surface area contributed by atoms with E-state index in [0.29, 0.717) is 24.9 Å². The average molecular weight is 301 g/mol. The minimum absolute atomic E-state index is 0.0761. The van der Waals surface area contributed by atoms with Crippen molar-refractivity contribution in [2.75, 3.05) is 6.61 Å². The summed E-state index contributed by atoms with van der Waals surface area (Å²) in [7, 11) is 1.89. The number of amides is 1. The zero-order valence-electron chi connectivity index (χ0n) is 13.0. The van der Waals surface area contributed by atoms with Gasteiger partial charge in [-0.25, -0.2) is 0 Å². The molecule has 1 aliphatic carbocycles. The second-order valence-corrected chi connectivity index (χ2v) is 5.95. The molecule has 22 heavy (non-hydrogen) atoms. The molecule has 1 N–H and O–H groups in total. The first-order chi connectivity index (χ1) is 10.7. The summed E-state index contributed by atoms with van der Waals surface area (Å²) in [5.74, 6) is 0.677. The number of fused-ring (bicyclic) bond motifs is 1. The van der Waals surface area contributed by atoms with E-state index in [1.807, 2.05) is 31.3 Å². The predicted octanol–water partition coefficient (Wildman–Crippen LogP) is 2.79. The van der Waals surface area contributed by atoms with E-state index in [0.717, 1.165) is 23.7 Å². The van der Waals surface area contributed by atoms with E-state index >= 15 is 0 Å². The molecule has 1 saturated carbocycles. The molecule has 0 bridgehead atoms. The lowest BCUT2D eigenvalue weighted by atomic mass is 9.95. The second kappa shape index (κ2) is 6.81. The monoisotopic (exact) mass is 301 g/mol. The van der Waals surface area contributed by atoms with E-state index in [1.54, 1.807) is 4.68 Å². The first-order valence-electron chi connectivity index (χ1n) is 8.08. The van der Waals surface area contributed by atoms with Gasteiger partial charge in [0.15, 0.2) is 0 Å². The Balaban J connectivity index is 1.50. The molecule has 118 valence electrons. The molecule has 1 amide bonds. The lowest BCUT2D eigenvalue weighted by Gasteiger charge is -2.22. The van der Waals surface area contributed by atoms with Crippen molar-refractivity contribution in [1.29, 1.82) is 0 Å². The van der Waals surface area contributed by atoms with Crippen molar-refractivity contribution in [2.45, 2.75) is 44.6 Å². The Hall–Kier alpha value is -2.04. The van der Waals surface area contributed by atoms with Gasteiger partial charge in [0.05, 0.1) is 23.9 Å². The number of aryl methyl sites for hydroxylation is 1. The number of benzene rings is 1. The molecule has 0 radical (unpaired) electrons. The number of ether oxygens (including phenoxy) is 1. The van der Waals surface area contributed by atoms with Gasteiger partial charge in [-0.1, -0.05) is 31.4 Å². The molecule has 1 heterocycles. The molecule has 1 aromatic heterocycles. The fraction of sp³-hybridized carbons (Fsp3) is 0.529. The highest BCUT2D eigenvalue weighted by Crippen LogP contribution is 2.23. The molecule has 0 saturated heterocycles. The molecule has 5 heteroatoms. The number of nitrogens with zero attached hydrogens (tertiary/aromatic N) is 2. The first kappa shape index (κ1) is 14.9. The maximum absolute atomic E-state index is 12.0. The number of nitrogens with one attached hydrogen (secondary N) is 1. The Morgan fingerprint density at radius 1 is 1.32 bits per heavy atom. The molecule has 0 spiro atoms. The van der Waals surface area contributed by atoms with Crippen LogP contribution in [-0.2, 0) is 11.8 Å². The molecular formula is C17H23N3O2. The van der Waals surface area contributed by atoms with Gasteiger partial charge in [0.1, 0.15) is 0 Å². The van der Waals surface area contributed by atoms with Gasteiger partial charge in [-0.3, -0.25) is 9.48 Å². The lowest BCUT2D eigenvalue weighted by molar-refractivity contribution is -0.122. The van der Waals surface area contributed by atoms with Gasteiger partial charge < -0.3 is 10.1 Å². The summed E-state index contributed by atoms with van der Waals surface area (Å²) in [5, 5.41) is 8.45. The molecule has 2 aromatic rings. The van der Waals surface area contributed by atoms with Gasteiger partial charge >= 0.3 is 0 Å². The van der Waals surface area contributed by atoms with Crippen LogP contribution < -0.4 is 10.1 Å². The third kappa shape index (κ3) is 3.40. The highest BCUT2D eigenvalue weighted by molar-refractivity contribution is 5.84. The largest absolute Gasteiger partial charge is 0.476 e. The minimum Gasteiger partial charge on any atom is -0.476 e. The number of aromatic nitrogens is 2. The molecule has 1 aromatic carbocycles. The molecule has 0 atom stereocenters. The van der Waals surface area contributed by atoms with Gasteiger partial charge in [-0.2, -0.15) is 0 Å². The van der Waals surface area contributed by atoms with Crippen LogP contribution in [0.2, 0.25) is 0 Å². The van der Waals surface area contributed by atoms with E-state index in [4.69, 9.17) is 4.74 Å². The Bertz CT molecular complexity index is 644. The van der Waals surface area contributed by atoms with Crippen molar-refractivity contribution in [3.8, 4) is 5.88 Å². The van der Waals surface area contributed by atoms with Gasteiger partial charge in [-0.05, 0) is 25.0 Å². The van der Waals surface area contributed by atoms with Crippen molar-refractivity contribution in [3.63, 3.8) is 0 Å². The van der Waals surface area contributed by atoms with E-state index < -0.39 is 0 Å². The summed E-state index contributed by atoms with van der Waals surface area (Å²) >= 11 is 0. The third-order valence-electron chi connectivity index (χ3n) is 4.26. The summed E-state index contributed by atoms with van der Waals surface area (Å²) in [6, 6.07) is 8.29. The summed E-state index contributed by atoms with van der Waals surface area (Å²) in [6.07, 6.45) is 6.33. The Labute approximate surface area is 130 Å². The summed E-state index contributed by atoms with van der Waals surface area (Å²) in [6.45, 7) is 0.361. The van der Waals surface area contributed by atoms with Crippen molar-refractivity contribution >= 4 is 16.8 Å². The first-order valence-corrected chi connectivity index (χ1v) is 8.08. The standard InChI is InChI=1S/C17H23N3O2/c1-20-15-10-6-5-9-14(15)17(19-20)22-12-11-16(21)18-13-7-3-2-4-8-13/h5-6,9-10,13H,2-4,7-8,11-12H2,1H3,(H,18,21). The van der Waals surface area contributed by atoms with Crippen LogP contribution in [0.25, 0.3) is 10.9 Å². The molecule has 1 fully saturated rings. The van der Waals surface area contributed by atoms with Crippen molar-refractivity contribution < 1.29 is 9.53 Å². The zero-order chi connectivity index (χ0) is 15.4. The zero-order valence-corrected chi connectivity index (χ0v) is 13.0. The molecular weight excluding hydrogens is 278 g/mol. The van der Waals surface area contributed by atoms with E-state index in [-0.39, 0.29) is 5.91 Å². The third-order valence-corrected chi connectivity index (χ3v) is 4.26. The highest BCUT2D eigenvalue weighted by Gasteiger charge is 2.16. The van der Waals surface area contributed by atoms with Gasteiger partial charge in [0.25, 0.3) is 0 Å². The quantitative estimate of drug-likeness (QED) is 0.924. The van der Waals surface area contributed by atoms with Crippen molar-refractivity contribution in [3.05, 3.63) is 24.3 Å². The van der Waals surface area contributed by atoms with Gasteiger partial charge in [0, 0.05) is 13.1 Å². The summed E-state index contributed by atoms with van der Waals surface area (Å²) in [5.41, 5.74) is 1.03. The van der Waals surface area contributed by atoms with E-state index in [2.05, 4.69) is 10.4 Å². The number of hydrogen-bond acceptors (Lipinski definition) is 3. The topological polar surface area (TPSA) is 56.2 Å². The van der Waals surface area contributed by atoms with Crippen LogP contribution in [0, 0.1) is 0 Å². The fourth-order valence-corrected chi connectivity index (χ4v) is 3.07. The van der Waals surface area contributed by atoms with Crippen LogP contribution in [0.3, 0.4) is 0 Å². The van der Waals surface area contributed by atoms with Crippen molar-refractivity contribution in [1.82, 2.24) is 15.1 Å². The smallest absolute Gasteiger partial charge is 0.240 e. The van der Waals surface area contributed by atoms with Crippen LogP contribution >= 0.6 is 0 Å². The average Bonchev–Trinajstić information content (AvgIpc) is 2.85. The number of rotatable bonds is 5. The molecule has 1 aliphatic rings. The Morgan fingerprint density at radius 3 is 2.91 bits per heavy atom. The number of carbonyl (C=O) groups excluding carboxylic acids is 1. The molecule has 0 aliphatic heterocycles.